The molecule has 1 aromatic carbocycles. The topological polar surface area (TPSA) is 38.3 Å². The third-order valence-electron chi connectivity index (χ3n) is 1.83. The fraction of sp³-hybridized carbons (Fsp3) is 0.300. The van der Waals surface area contributed by atoms with Gasteiger partial charge in [-0.1, -0.05) is 18.2 Å². The molecular formula is C10H10F3NO2. The van der Waals surface area contributed by atoms with E-state index in [1.54, 1.807) is 0 Å². The van der Waals surface area contributed by atoms with E-state index in [0.29, 0.717) is 0 Å². The van der Waals surface area contributed by atoms with Crippen molar-refractivity contribution in [2.24, 2.45) is 0 Å². The normalized spacial score (nSPS) is 11.2. The first-order valence-corrected chi connectivity index (χ1v) is 4.41. The van der Waals surface area contributed by atoms with Gasteiger partial charge in [0.25, 0.3) is 0 Å². The molecule has 0 unspecified atom stereocenters. The van der Waals surface area contributed by atoms with E-state index < -0.39 is 17.6 Å². The molecule has 0 heterocycles. The van der Waals surface area contributed by atoms with E-state index >= 15 is 0 Å². The van der Waals surface area contributed by atoms with Gasteiger partial charge in [-0.15, -0.1) is 0 Å². The number of hydroxylamine groups is 1. The van der Waals surface area contributed by atoms with Crippen molar-refractivity contribution in [3.8, 4) is 0 Å². The van der Waals surface area contributed by atoms with Gasteiger partial charge in [0.15, 0.2) is 0 Å². The van der Waals surface area contributed by atoms with Gasteiger partial charge in [0.05, 0.1) is 19.1 Å². The van der Waals surface area contributed by atoms with E-state index in [-0.39, 0.29) is 12.0 Å². The molecule has 16 heavy (non-hydrogen) atoms. The summed E-state index contributed by atoms with van der Waals surface area (Å²) < 4.78 is 37.0. The Morgan fingerprint density at radius 2 is 2.12 bits per heavy atom. The largest absolute Gasteiger partial charge is 0.416 e. The first-order chi connectivity index (χ1) is 7.43. The van der Waals surface area contributed by atoms with Crippen LogP contribution in [0, 0.1) is 0 Å². The molecule has 1 amide bonds. The van der Waals surface area contributed by atoms with Crippen LogP contribution in [0.2, 0.25) is 0 Å². The zero-order chi connectivity index (χ0) is 12.2. The van der Waals surface area contributed by atoms with E-state index in [9.17, 15) is 18.0 Å². The summed E-state index contributed by atoms with van der Waals surface area (Å²) in [6, 6.07) is 4.61. The van der Waals surface area contributed by atoms with Crippen LogP contribution in [0.4, 0.5) is 13.2 Å². The van der Waals surface area contributed by atoms with Gasteiger partial charge in [-0.25, -0.2) is 5.48 Å². The monoisotopic (exact) mass is 233 g/mol. The van der Waals surface area contributed by atoms with E-state index in [2.05, 4.69) is 4.84 Å². The zero-order valence-electron chi connectivity index (χ0n) is 8.47. The number of nitrogens with one attached hydrogen (secondary N) is 1. The van der Waals surface area contributed by atoms with Gasteiger partial charge in [0.2, 0.25) is 5.91 Å². The fourth-order valence-corrected chi connectivity index (χ4v) is 1.19. The lowest BCUT2D eigenvalue weighted by molar-refractivity contribution is -0.138. The Balaban J connectivity index is 2.79. The number of alkyl halides is 3. The van der Waals surface area contributed by atoms with E-state index in [1.807, 2.05) is 5.48 Å². The highest BCUT2D eigenvalue weighted by Crippen LogP contribution is 2.29. The molecule has 0 atom stereocenters. The zero-order valence-corrected chi connectivity index (χ0v) is 8.47. The number of carbonyl (C=O) groups excluding carboxylic acids is 1. The minimum absolute atomic E-state index is 0.155. The number of rotatable bonds is 3. The Bertz CT molecular complexity index is 377. The van der Waals surface area contributed by atoms with Crippen LogP contribution in [0.25, 0.3) is 0 Å². The average molecular weight is 233 g/mol. The fourth-order valence-electron chi connectivity index (χ4n) is 1.19. The van der Waals surface area contributed by atoms with Crippen LogP contribution in [0.15, 0.2) is 24.3 Å². The molecule has 1 aromatic rings. The number of hydrogen-bond donors (Lipinski definition) is 1. The second-order valence-electron chi connectivity index (χ2n) is 3.10. The summed E-state index contributed by atoms with van der Waals surface area (Å²) in [4.78, 5) is 15.4. The van der Waals surface area contributed by atoms with Crippen molar-refractivity contribution < 1.29 is 22.8 Å². The van der Waals surface area contributed by atoms with E-state index in [1.165, 1.54) is 19.2 Å². The molecule has 1 N–H and O–H groups in total. The van der Waals surface area contributed by atoms with Gasteiger partial charge in [0, 0.05) is 0 Å². The lowest BCUT2D eigenvalue weighted by atomic mass is 10.1. The molecule has 3 nitrogen and oxygen atoms in total. The highest BCUT2D eigenvalue weighted by Gasteiger charge is 2.30. The number of hydrogen-bond acceptors (Lipinski definition) is 2. The first kappa shape index (κ1) is 12.5. The molecule has 0 aliphatic carbocycles. The molecular weight excluding hydrogens is 223 g/mol. The highest BCUT2D eigenvalue weighted by atomic mass is 19.4. The van der Waals surface area contributed by atoms with Crippen molar-refractivity contribution in [2.45, 2.75) is 12.6 Å². The van der Waals surface area contributed by atoms with Gasteiger partial charge in [0.1, 0.15) is 0 Å². The van der Waals surface area contributed by atoms with Gasteiger partial charge >= 0.3 is 6.18 Å². The second kappa shape index (κ2) is 4.98. The SMILES string of the molecule is CONC(=O)Cc1cccc(C(F)(F)F)c1. The van der Waals surface area contributed by atoms with Gasteiger partial charge in [-0.2, -0.15) is 13.2 Å². The maximum atomic E-state index is 12.3. The van der Waals surface area contributed by atoms with Crippen LogP contribution in [0.5, 0.6) is 0 Å². The second-order valence-corrected chi connectivity index (χ2v) is 3.10. The number of benzene rings is 1. The molecule has 0 aliphatic rings. The van der Waals surface area contributed by atoms with Crippen molar-refractivity contribution in [3.63, 3.8) is 0 Å². The van der Waals surface area contributed by atoms with Crippen molar-refractivity contribution in [1.29, 1.82) is 0 Å². The molecule has 88 valence electrons. The maximum Gasteiger partial charge on any atom is 0.416 e. The molecule has 0 spiro atoms. The Kier molecular flexibility index (Phi) is 3.89. The van der Waals surface area contributed by atoms with Gasteiger partial charge in [-0.05, 0) is 11.6 Å². The molecule has 0 saturated heterocycles. The molecule has 0 aromatic heterocycles. The van der Waals surface area contributed by atoms with E-state index in [4.69, 9.17) is 0 Å². The number of halogens is 3. The summed E-state index contributed by atoms with van der Waals surface area (Å²) in [5.74, 6) is -0.498. The Morgan fingerprint density at radius 1 is 1.44 bits per heavy atom. The first-order valence-electron chi connectivity index (χ1n) is 4.41. The van der Waals surface area contributed by atoms with Crippen LogP contribution in [0.1, 0.15) is 11.1 Å². The van der Waals surface area contributed by atoms with Crippen molar-refractivity contribution in [3.05, 3.63) is 35.4 Å². The number of amides is 1. The van der Waals surface area contributed by atoms with Crippen LogP contribution < -0.4 is 5.48 Å². The minimum atomic E-state index is -4.40. The van der Waals surface area contributed by atoms with Crippen molar-refractivity contribution >= 4 is 5.91 Å². The van der Waals surface area contributed by atoms with Gasteiger partial charge in [-0.3, -0.25) is 9.63 Å². The molecule has 1 rings (SSSR count). The van der Waals surface area contributed by atoms with Crippen molar-refractivity contribution in [2.75, 3.05) is 7.11 Å². The Hall–Kier alpha value is -1.56. The third kappa shape index (κ3) is 3.54. The standard InChI is InChI=1S/C10H10F3NO2/c1-16-14-9(15)6-7-3-2-4-8(5-7)10(11,12)13/h2-5H,6H2,1H3,(H,14,15). The Morgan fingerprint density at radius 3 is 2.69 bits per heavy atom. The molecule has 0 saturated carbocycles. The molecule has 0 bridgehead atoms. The maximum absolute atomic E-state index is 12.3. The van der Waals surface area contributed by atoms with Gasteiger partial charge < -0.3 is 0 Å². The van der Waals surface area contributed by atoms with Crippen LogP contribution in [0.3, 0.4) is 0 Å². The van der Waals surface area contributed by atoms with Crippen LogP contribution >= 0.6 is 0 Å². The summed E-state index contributed by atoms with van der Waals surface area (Å²) in [6.07, 6.45) is -4.55. The predicted molar refractivity (Wildman–Crippen MR) is 50.3 cm³/mol. The van der Waals surface area contributed by atoms with Crippen LogP contribution in [-0.4, -0.2) is 13.0 Å². The summed E-state index contributed by atoms with van der Waals surface area (Å²) >= 11 is 0. The van der Waals surface area contributed by atoms with E-state index in [0.717, 1.165) is 12.1 Å². The average Bonchev–Trinajstić information content (AvgIpc) is 2.17. The molecule has 0 radical (unpaired) electrons. The third-order valence-corrected chi connectivity index (χ3v) is 1.83. The van der Waals surface area contributed by atoms with Crippen LogP contribution in [-0.2, 0) is 22.2 Å². The predicted octanol–water partition coefficient (Wildman–Crippen LogP) is 1.93. The smallest absolute Gasteiger partial charge is 0.277 e. The summed E-state index contributed by atoms with van der Waals surface area (Å²) in [5.41, 5.74) is 1.55. The highest BCUT2D eigenvalue weighted by molar-refractivity contribution is 5.77. The summed E-state index contributed by atoms with van der Waals surface area (Å²) in [6.45, 7) is 0. The summed E-state index contributed by atoms with van der Waals surface area (Å²) in [7, 11) is 1.25. The molecule has 0 aliphatic heterocycles. The molecule has 6 heteroatoms. The minimum Gasteiger partial charge on any atom is -0.277 e. The molecule has 0 fully saturated rings. The summed E-state index contributed by atoms with van der Waals surface area (Å²) in [5, 5.41) is 0. The number of carbonyl (C=O) groups is 1. The Labute approximate surface area is 90.2 Å². The lowest BCUT2D eigenvalue weighted by Crippen LogP contribution is -2.23. The van der Waals surface area contributed by atoms with Crippen molar-refractivity contribution in [1.82, 2.24) is 5.48 Å². The quantitative estimate of drug-likeness (QED) is 0.810. The lowest BCUT2D eigenvalue weighted by Gasteiger charge is -2.08.